The molecule has 1 unspecified atom stereocenters. The van der Waals surface area contributed by atoms with Gasteiger partial charge in [0.25, 0.3) is 10.0 Å². The highest BCUT2D eigenvalue weighted by Crippen LogP contribution is 2.31. The summed E-state index contributed by atoms with van der Waals surface area (Å²) in [6, 6.07) is 16.6. The van der Waals surface area contributed by atoms with E-state index in [0.717, 1.165) is 4.31 Å². The molecular formula is C29H32Cl3N3O4S. The van der Waals surface area contributed by atoms with Crippen LogP contribution in [0.5, 0.6) is 0 Å². The summed E-state index contributed by atoms with van der Waals surface area (Å²) in [6.07, 6.45) is 0. The fourth-order valence-electron chi connectivity index (χ4n) is 3.99. The fourth-order valence-corrected chi connectivity index (χ4v) is 6.17. The van der Waals surface area contributed by atoms with Crippen LogP contribution < -0.4 is 9.62 Å². The van der Waals surface area contributed by atoms with Gasteiger partial charge in [0.15, 0.2) is 0 Å². The molecule has 1 atom stereocenters. The summed E-state index contributed by atoms with van der Waals surface area (Å²) in [5.74, 6) is -1.05. The summed E-state index contributed by atoms with van der Waals surface area (Å²) >= 11 is 19.1. The molecular weight excluding hydrogens is 593 g/mol. The maximum atomic E-state index is 14.1. The summed E-state index contributed by atoms with van der Waals surface area (Å²) < 4.78 is 28.8. The number of anilines is 1. The van der Waals surface area contributed by atoms with Crippen molar-refractivity contribution in [2.75, 3.05) is 10.8 Å². The predicted octanol–water partition coefficient (Wildman–Crippen LogP) is 6.48. The number of carbonyl (C=O) groups is 2. The molecule has 0 fully saturated rings. The second-order valence-electron chi connectivity index (χ2n) is 10.4. The lowest BCUT2D eigenvalue weighted by atomic mass is 10.1. The van der Waals surface area contributed by atoms with E-state index in [1.165, 1.54) is 23.1 Å². The van der Waals surface area contributed by atoms with Crippen LogP contribution in [-0.2, 0) is 26.2 Å². The molecule has 3 aromatic carbocycles. The Balaban J connectivity index is 2.11. The van der Waals surface area contributed by atoms with Crippen LogP contribution in [0.25, 0.3) is 0 Å². The van der Waals surface area contributed by atoms with Crippen LogP contribution in [0.3, 0.4) is 0 Å². The van der Waals surface area contributed by atoms with Gasteiger partial charge in [0.2, 0.25) is 11.8 Å². The minimum Gasteiger partial charge on any atom is -0.350 e. The molecule has 7 nitrogen and oxygen atoms in total. The number of amides is 2. The smallest absolute Gasteiger partial charge is 0.264 e. The number of halogens is 3. The molecule has 0 aliphatic carbocycles. The van der Waals surface area contributed by atoms with Gasteiger partial charge in [-0.1, -0.05) is 65.1 Å². The van der Waals surface area contributed by atoms with Gasteiger partial charge in [-0.2, -0.15) is 0 Å². The van der Waals surface area contributed by atoms with Gasteiger partial charge < -0.3 is 10.2 Å². The summed E-state index contributed by atoms with van der Waals surface area (Å²) in [6.45, 7) is 8.05. The first kappa shape index (κ1) is 31.7. The molecule has 1 N–H and O–H groups in total. The molecule has 40 heavy (non-hydrogen) atoms. The highest BCUT2D eigenvalue weighted by Gasteiger charge is 2.34. The Hall–Kier alpha value is -2.78. The van der Waals surface area contributed by atoms with Gasteiger partial charge in [0.1, 0.15) is 12.6 Å². The third-order valence-corrected chi connectivity index (χ3v) is 8.82. The molecule has 0 radical (unpaired) electrons. The zero-order chi connectivity index (χ0) is 29.8. The van der Waals surface area contributed by atoms with Crippen LogP contribution in [-0.4, -0.2) is 43.3 Å². The Morgan fingerprint density at radius 1 is 0.925 bits per heavy atom. The maximum Gasteiger partial charge on any atom is 0.264 e. The number of sulfonamides is 1. The molecule has 0 aliphatic rings. The van der Waals surface area contributed by atoms with Gasteiger partial charge >= 0.3 is 0 Å². The lowest BCUT2D eigenvalue weighted by Gasteiger charge is -2.34. The Bertz CT molecular complexity index is 1470. The average molecular weight is 625 g/mol. The molecule has 214 valence electrons. The van der Waals surface area contributed by atoms with Crippen molar-refractivity contribution < 1.29 is 18.0 Å². The number of aryl methyl sites for hydroxylation is 1. The first-order valence-corrected chi connectivity index (χ1v) is 15.1. The van der Waals surface area contributed by atoms with Gasteiger partial charge in [0.05, 0.1) is 10.6 Å². The van der Waals surface area contributed by atoms with E-state index in [-0.39, 0.29) is 17.1 Å². The van der Waals surface area contributed by atoms with Crippen molar-refractivity contribution >= 4 is 62.3 Å². The Kier molecular flexibility index (Phi) is 10.2. The molecule has 0 aliphatic heterocycles. The maximum absolute atomic E-state index is 14.1. The average Bonchev–Trinajstić information content (AvgIpc) is 2.87. The number of benzene rings is 3. The van der Waals surface area contributed by atoms with Gasteiger partial charge in [-0.3, -0.25) is 13.9 Å². The standard InChI is InChI=1S/C29H32Cl3N3O4S/c1-19-14-15-21(30)16-26(19)35(40(38,39)22-10-7-6-8-11-22)18-27(36)34(20(2)28(37)33-29(3,4)5)17-23-24(31)12-9-13-25(23)32/h6-16,20H,17-18H2,1-5H3,(H,33,37). The van der Waals surface area contributed by atoms with E-state index in [2.05, 4.69) is 5.32 Å². The summed E-state index contributed by atoms with van der Waals surface area (Å²) in [5, 5.41) is 3.81. The minimum absolute atomic E-state index is 0.00129. The van der Waals surface area contributed by atoms with E-state index in [4.69, 9.17) is 34.8 Å². The first-order chi connectivity index (χ1) is 18.6. The summed E-state index contributed by atoms with van der Waals surface area (Å²) in [5.41, 5.74) is 0.706. The second kappa shape index (κ2) is 12.8. The topological polar surface area (TPSA) is 86.8 Å². The first-order valence-electron chi connectivity index (χ1n) is 12.5. The third kappa shape index (κ3) is 7.69. The lowest BCUT2D eigenvalue weighted by Crippen LogP contribution is -2.54. The fraction of sp³-hybridized carbons (Fsp3) is 0.310. The monoisotopic (exact) mass is 623 g/mol. The van der Waals surface area contributed by atoms with Crippen molar-refractivity contribution in [1.82, 2.24) is 10.2 Å². The number of carbonyl (C=O) groups excluding carboxylic acids is 2. The molecule has 2 amide bonds. The normalized spacial score (nSPS) is 12.5. The van der Waals surface area contributed by atoms with Crippen molar-refractivity contribution in [2.24, 2.45) is 0 Å². The van der Waals surface area contributed by atoms with E-state index >= 15 is 0 Å². The third-order valence-electron chi connectivity index (χ3n) is 6.11. The molecule has 3 rings (SSSR count). The van der Waals surface area contributed by atoms with Crippen LogP contribution in [0.4, 0.5) is 5.69 Å². The number of nitrogens with zero attached hydrogens (tertiary/aromatic N) is 2. The van der Waals surface area contributed by atoms with Gasteiger partial charge in [-0.15, -0.1) is 0 Å². The van der Waals surface area contributed by atoms with Crippen molar-refractivity contribution in [3.05, 3.63) is 92.9 Å². The van der Waals surface area contributed by atoms with Crippen LogP contribution >= 0.6 is 34.8 Å². The van der Waals surface area contributed by atoms with Crippen LogP contribution in [0, 0.1) is 6.92 Å². The van der Waals surface area contributed by atoms with E-state index in [1.807, 2.05) is 20.8 Å². The van der Waals surface area contributed by atoms with E-state index in [0.29, 0.717) is 26.2 Å². The SMILES string of the molecule is Cc1ccc(Cl)cc1N(CC(=O)N(Cc1c(Cl)cccc1Cl)C(C)C(=O)NC(C)(C)C)S(=O)(=O)c1ccccc1. The summed E-state index contributed by atoms with van der Waals surface area (Å²) in [7, 11) is -4.21. The van der Waals surface area contributed by atoms with Crippen LogP contribution in [0.2, 0.25) is 15.1 Å². The molecule has 0 bridgehead atoms. The van der Waals surface area contributed by atoms with Gasteiger partial charge in [-0.25, -0.2) is 8.42 Å². The molecule has 0 heterocycles. The van der Waals surface area contributed by atoms with Crippen molar-refractivity contribution in [1.29, 1.82) is 0 Å². The Labute approximate surface area is 251 Å². The number of hydrogen-bond acceptors (Lipinski definition) is 4. The Morgan fingerprint density at radius 2 is 1.52 bits per heavy atom. The molecule has 0 saturated carbocycles. The van der Waals surface area contributed by atoms with Crippen molar-refractivity contribution in [2.45, 2.75) is 57.6 Å². The highest BCUT2D eigenvalue weighted by molar-refractivity contribution is 7.92. The number of rotatable bonds is 9. The molecule has 0 saturated heterocycles. The predicted molar refractivity (Wildman–Crippen MR) is 162 cm³/mol. The second-order valence-corrected chi connectivity index (χ2v) is 13.5. The van der Waals surface area contributed by atoms with Crippen molar-refractivity contribution in [3.8, 4) is 0 Å². The zero-order valence-corrected chi connectivity index (χ0v) is 26.0. The number of nitrogens with one attached hydrogen (secondary N) is 1. The quantitative estimate of drug-likeness (QED) is 0.295. The minimum atomic E-state index is -4.21. The highest BCUT2D eigenvalue weighted by atomic mass is 35.5. The number of hydrogen-bond donors (Lipinski definition) is 1. The van der Waals surface area contributed by atoms with Crippen molar-refractivity contribution in [3.63, 3.8) is 0 Å². The molecule has 3 aromatic rings. The van der Waals surface area contributed by atoms with E-state index in [1.54, 1.807) is 62.4 Å². The molecule has 0 spiro atoms. The Morgan fingerprint density at radius 3 is 2.10 bits per heavy atom. The van der Waals surface area contributed by atoms with Gasteiger partial charge in [-0.05, 0) is 76.6 Å². The molecule has 0 aromatic heterocycles. The summed E-state index contributed by atoms with van der Waals surface area (Å²) in [4.78, 5) is 28.6. The lowest BCUT2D eigenvalue weighted by molar-refractivity contribution is -0.140. The van der Waals surface area contributed by atoms with E-state index < -0.39 is 40.0 Å². The largest absolute Gasteiger partial charge is 0.350 e. The van der Waals surface area contributed by atoms with E-state index in [9.17, 15) is 18.0 Å². The van der Waals surface area contributed by atoms with Crippen LogP contribution in [0.1, 0.15) is 38.8 Å². The van der Waals surface area contributed by atoms with Crippen LogP contribution in [0.15, 0.2) is 71.6 Å². The zero-order valence-electron chi connectivity index (χ0n) is 22.9. The van der Waals surface area contributed by atoms with Gasteiger partial charge in [0, 0.05) is 32.7 Å². The molecule has 11 heteroatoms.